The van der Waals surface area contributed by atoms with Gasteiger partial charge >= 0.3 is 0 Å². The van der Waals surface area contributed by atoms with Crippen LogP contribution in [-0.2, 0) is 5.41 Å². The molecule has 9 aromatic carbocycles. The van der Waals surface area contributed by atoms with Gasteiger partial charge in [-0.05, 0) is 110 Å². The highest BCUT2D eigenvalue weighted by atomic mass is 15.0. The number of aromatic nitrogens is 2. The van der Waals surface area contributed by atoms with Gasteiger partial charge in [-0.15, -0.1) is 0 Å². The fraction of sp³-hybridized carbons (Fsp3) is 0.0526. The third-order valence-electron chi connectivity index (χ3n) is 12.9. The summed E-state index contributed by atoms with van der Waals surface area (Å²) in [5.74, 6) is 0. The van der Waals surface area contributed by atoms with Crippen molar-refractivity contribution in [1.82, 2.24) is 9.13 Å². The van der Waals surface area contributed by atoms with Gasteiger partial charge in [0.1, 0.15) is 0 Å². The summed E-state index contributed by atoms with van der Waals surface area (Å²) in [6, 6.07) is 76.0. The van der Waals surface area contributed by atoms with Crippen molar-refractivity contribution in [2.45, 2.75) is 19.3 Å². The predicted molar refractivity (Wildman–Crippen MR) is 249 cm³/mol. The minimum atomic E-state index is -0.168. The fourth-order valence-corrected chi connectivity index (χ4v) is 10.1. The minimum Gasteiger partial charge on any atom is -0.309 e. The molecule has 0 aliphatic heterocycles. The van der Waals surface area contributed by atoms with E-state index in [0.717, 1.165) is 5.69 Å². The van der Waals surface area contributed by atoms with Gasteiger partial charge in [-0.25, -0.2) is 0 Å². The van der Waals surface area contributed by atoms with Crippen LogP contribution in [-0.4, -0.2) is 9.13 Å². The van der Waals surface area contributed by atoms with Crippen LogP contribution in [0.3, 0.4) is 0 Å². The van der Waals surface area contributed by atoms with Gasteiger partial charge in [-0.3, -0.25) is 0 Å². The van der Waals surface area contributed by atoms with Gasteiger partial charge in [-0.2, -0.15) is 0 Å². The summed E-state index contributed by atoms with van der Waals surface area (Å²) in [6.07, 6.45) is 0. The lowest BCUT2D eigenvalue weighted by molar-refractivity contribution is 0.664. The molecule has 1 aliphatic rings. The summed E-state index contributed by atoms with van der Waals surface area (Å²) in [6.45, 7) is 4.79. The Morgan fingerprint density at radius 1 is 0.322 bits per heavy atom. The maximum Gasteiger partial charge on any atom is 0.0588 e. The molecule has 59 heavy (non-hydrogen) atoms. The SMILES string of the molecule is CC1(C)c2ccccc2-c2ccc3c4cc(-c5ccc6c(c5)c5ccccc5n6-c5ccc(-c6ccccc6)cc5)ccc4n(-c4cccc(-c5ccccc5)c4)c3c21. The van der Waals surface area contributed by atoms with Crippen LogP contribution in [0.4, 0.5) is 0 Å². The Morgan fingerprint density at radius 2 is 0.864 bits per heavy atom. The van der Waals surface area contributed by atoms with Gasteiger partial charge < -0.3 is 9.13 Å². The third-order valence-corrected chi connectivity index (χ3v) is 12.9. The summed E-state index contributed by atoms with van der Waals surface area (Å²) < 4.78 is 4.94. The molecule has 0 atom stereocenters. The molecule has 2 heteroatoms. The molecule has 11 aromatic rings. The van der Waals surface area contributed by atoms with Crippen molar-refractivity contribution in [3.05, 3.63) is 217 Å². The molecule has 0 radical (unpaired) electrons. The maximum absolute atomic E-state index is 2.53. The van der Waals surface area contributed by atoms with E-state index in [1.165, 1.54) is 105 Å². The first-order valence-electron chi connectivity index (χ1n) is 20.6. The second kappa shape index (κ2) is 12.8. The molecular formula is C57H40N2. The van der Waals surface area contributed by atoms with Crippen molar-refractivity contribution in [2.75, 3.05) is 0 Å². The number of hydrogen-bond acceptors (Lipinski definition) is 0. The molecule has 0 unspecified atom stereocenters. The molecule has 0 saturated carbocycles. The Labute approximate surface area is 343 Å². The van der Waals surface area contributed by atoms with Gasteiger partial charge in [0, 0.05) is 38.3 Å². The first kappa shape index (κ1) is 33.7. The average molecular weight is 753 g/mol. The Morgan fingerprint density at radius 3 is 1.61 bits per heavy atom. The molecule has 1 aliphatic carbocycles. The average Bonchev–Trinajstić information content (AvgIpc) is 3.89. The molecule has 0 amide bonds. The van der Waals surface area contributed by atoms with Crippen LogP contribution >= 0.6 is 0 Å². The summed E-state index contributed by atoms with van der Waals surface area (Å²) in [7, 11) is 0. The largest absolute Gasteiger partial charge is 0.309 e. The van der Waals surface area contributed by atoms with E-state index < -0.39 is 0 Å². The topological polar surface area (TPSA) is 9.86 Å². The first-order chi connectivity index (χ1) is 29.0. The number of para-hydroxylation sites is 1. The Hall–Kier alpha value is -7.42. The highest BCUT2D eigenvalue weighted by Gasteiger charge is 2.38. The Balaban J connectivity index is 1.05. The lowest BCUT2D eigenvalue weighted by atomic mass is 9.81. The van der Waals surface area contributed by atoms with E-state index in [0.29, 0.717) is 0 Å². The molecule has 0 spiro atoms. The molecule has 12 rings (SSSR count). The van der Waals surface area contributed by atoms with Crippen LogP contribution in [0, 0.1) is 0 Å². The molecule has 2 aromatic heterocycles. The van der Waals surface area contributed by atoms with E-state index in [1.807, 2.05) is 0 Å². The standard InChI is InChI=1S/C57H40N2/c1-57(2)51-22-11-9-20-45(51)47-30-31-48-50-36-42(27-33-54(50)59(56(48)55(47)57)44-19-13-18-40(34-44)38-16-7-4-8-17-38)41-26-32-53-49(35-41)46-21-10-12-23-52(46)58(53)43-28-24-39(25-29-43)37-14-5-3-6-15-37/h3-36H,1-2H3. The molecule has 0 saturated heterocycles. The zero-order chi connectivity index (χ0) is 39.2. The predicted octanol–water partition coefficient (Wildman–Crippen LogP) is 15.2. The molecule has 0 fully saturated rings. The highest BCUT2D eigenvalue weighted by Crippen LogP contribution is 2.53. The normalized spacial score (nSPS) is 13.1. The second-order valence-electron chi connectivity index (χ2n) is 16.5. The molecule has 278 valence electrons. The van der Waals surface area contributed by atoms with E-state index in [1.54, 1.807) is 0 Å². The molecule has 0 N–H and O–H groups in total. The van der Waals surface area contributed by atoms with Crippen molar-refractivity contribution in [3.8, 4) is 55.9 Å². The Kier molecular flexibility index (Phi) is 7.31. The van der Waals surface area contributed by atoms with Crippen molar-refractivity contribution < 1.29 is 0 Å². The quantitative estimate of drug-likeness (QED) is 0.166. The number of fused-ring (bicyclic) bond motifs is 10. The van der Waals surface area contributed by atoms with Crippen LogP contribution in [0.2, 0.25) is 0 Å². The van der Waals surface area contributed by atoms with E-state index in [9.17, 15) is 0 Å². The zero-order valence-corrected chi connectivity index (χ0v) is 33.0. The summed E-state index contributed by atoms with van der Waals surface area (Å²) >= 11 is 0. The summed E-state index contributed by atoms with van der Waals surface area (Å²) in [4.78, 5) is 0. The lowest BCUT2D eigenvalue weighted by Gasteiger charge is -2.23. The fourth-order valence-electron chi connectivity index (χ4n) is 10.1. The maximum atomic E-state index is 2.53. The highest BCUT2D eigenvalue weighted by molar-refractivity contribution is 6.15. The smallest absolute Gasteiger partial charge is 0.0588 e. The van der Waals surface area contributed by atoms with E-state index in [2.05, 4.69) is 229 Å². The summed E-state index contributed by atoms with van der Waals surface area (Å²) in [5, 5.41) is 5.05. The number of rotatable bonds is 5. The van der Waals surface area contributed by atoms with Gasteiger partial charge in [0.25, 0.3) is 0 Å². The Bertz CT molecular complexity index is 3440. The van der Waals surface area contributed by atoms with Gasteiger partial charge in [0.2, 0.25) is 0 Å². The van der Waals surface area contributed by atoms with Gasteiger partial charge in [-0.1, -0.05) is 166 Å². The number of hydrogen-bond donors (Lipinski definition) is 0. The first-order valence-corrected chi connectivity index (χ1v) is 20.6. The summed E-state index contributed by atoms with van der Waals surface area (Å²) in [5.41, 5.74) is 19.8. The molecule has 2 heterocycles. The van der Waals surface area contributed by atoms with Gasteiger partial charge in [0.05, 0.1) is 22.1 Å². The van der Waals surface area contributed by atoms with Crippen molar-refractivity contribution in [1.29, 1.82) is 0 Å². The number of benzene rings is 9. The molecular weight excluding hydrogens is 713 g/mol. The van der Waals surface area contributed by atoms with E-state index in [-0.39, 0.29) is 5.41 Å². The van der Waals surface area contributed by atoms with Gasteiger partial charge in [0.15, 0.2) is 0 Å². The molecule has 0 bridgehead atoms. The minimum absolute atomic E-state index is 0.168. The number of nitrogens with zero attached hydrogens (tertiary/aromatic N) is 2. The molecule has 2 nitrogen and oxygen atoms in total. The monoisotopic (exact) mass is 752 g/mol. The van der Waals surface area contributed by atoms with E-state index in [4.69, 9.17) is 0 Å². The van der Waals surface area contributed by atoms with Crippen molar-refractivity contribution in [2.24, 2.45) is 0 Å². The van der Waals surface area contributed by atoms with Crippen molar-refractivity contribution in [3.63, 3.8) is 0 Å². The van der Waals surface area contributed by atoms with Crippen LogP contribution in [0.1, 0.15) is 25.0 Å². The van der Waals surface area contributed by atoms with Crippen LogP contribution < -0.4 is 0 Å². The van der Waals surface area contributed by atoms with Crippen LogP contribution in [0.25, 0.3) is 99.5 Å². The zero-order valence-electron chi connectivity index (χ0n) is 33.0. The van der Waals surface area contributed by atoms with Crippen molar-refractivity contribution >= 4 is 43.6 Å². The van der Waals surface area contributed by atoms with E-state index >= 15 is 0 Å². The lowest BCUT2D eigenvalue weighted by Crippen LogP contribution is -2.16. The third kappa shape index (κ3) is 5.06. The second-order valence-corrected chi connectivity index (χ2v) is 16.5. The van der Waals surface area contributed by atoms with Crippen LogP contribution in [0.5, 0.6) is 0 Å². The van der Waals surface area contributed by atoms with Crippen LogP contribution in [0.15, 0.2) is 206 Å².